The topological polar surface area (TPSA) is 105 Å². The molecule has 0 unspecified atom stereocenters. The van der Waals surface area contributed by atoms with Gasteiger partial charge < -0.3 is 5.32 Å². The second kappa shape index (κ2) is 7.15. The van der Waals surface area contributed by atoms with Gasteiger partial charge in [-0.15, -0.1) is 0 Å². The summed E-state index contributed by atoms with van der Waals surface area (Å²) in [5.74, 6) is 0.404. The molecule has 0 aliphatic carbocycles. The molecule has 9 heteroatoms. The Hall–Kier alpha value is -1.74. The first kappa shape index (κ1) is 16.3. The third kappa shape index (κ3) is 5.10. The Morgan fingerprint density at radius 2 is 2.20 bits per heavy atom. The van der Waals surface area contributed by atoms with Crippen LogP contribution in [0.5, 0.6) is 0 Å². The van der Waals surface area contributed by atoms with Crippen LogP contribution in [0.2, 0.25) is 0 Å². The number of nitro groups is 1. The number of nitrogens with zero attached hydrogens (tertiary/aromatic N) is 3. The van der Waals surface area contributed by atoms with E-state index in [-0.39, 0.29) is 5.69 Å². The maximum Gasteiger partial charge on any atom is 0.274 e. The third-order valence-corrected chi connectivity index (χ3v) is 4.05. The van der Waals surface area contributed by atoms with Crippen LogP contribution in [0.4, 0.5) is 11.5 Å². The highest BCUT2D eigenvalue weighted by Crippen LogP contribution is 2.13. The predicted octanol–water partition coefficient (Wildman–Crippen LogP) is 1.07. The first-order chi connectivity index (χ1) is 9.34. The van der Waals surface area contributed by atoms with Gasteiger partial charge in [0, 0.05) is 31.9 Å². The molecule has 0 aromatic carbocycles. The number of rotatable bonds is 8. The molecule has 112 valence electrons. The average Bonchev–Trinajstić information content (AvgIpc) is 2.37. The average molecular weight is 302 g/mol. The van der Waals surface area contributed by atoms with Crippen molar-refractivity contribution in [2.24, 2.45) is 0 Å². The van der Waals surface area contributed by atoms with E-state index in [1.165, 1.54) is 28.9 Å². The molecule has 1 rings (SSSR count). The van der Waals surface area contributed by atoms with Gasteiger partial charge >= 0.3 is 0 Å². The Labute approximate surface area is 118 Å². The molecule has 0 spiro atoms. The summed E-state index contributed by atoms with van der Waals surface area (Å²) >= 11 is 0. The highest BCUT2D eigenvalue weighted by Gasteiger charge is 2.13. The summed E-state index contributed by atoms with van der Waals surface area (Å²) in [6, 6.07) is 2.65. The van der Waals surface area contributed by atoms with E-state index >= 15 is 0 Å². The summed E-state index contributed by atoms with van der Waals surface area (Å²) in [7, 11) is -3.18. The van der Waals surface area contributed by atoms with Crippen molar-refractivity contribution in [3.63, 3.8) is 0 Å². The Balaban J connectivity index is 2.45. The lowest BCUT2D eigenvalue weighted by atomic mass is 10.3. The number of aromatic nitrogens is 1. The minimum Gasteiger partial charge on any atom is -0.370 e. The van der Waals surface area contributed by atoms with Gasteiger partial charge in [0.2, 0.25) is 10.0 Å². The first-order valence-electron chi connectivity index (χ1n) is 6.14. The first-order valence-corrected chi connectivity index (χ1v) is 7.99. The molecule has 1 aromatic rings. The van der Waals surface area contributed by atoms with Crippen molar-refractivity contribution in [3.05, 3.63) is 28.4 Å². The molecule has 0 amide bonds. The number of nitrogens with one attached hydrogen (secondary N) is 1. The largest absolute Gasteiger partial charge is 0.370 e. The van der Waals surface area contributed by atoms with Crippen LogP contribution in [0, 0.1) is 10.1 Å². The van der Waals surface area contributed by atoms with Crippen LogP contribution < -0.4 is 5.32 Å². The molecule has 1 heterocycles. The van der Waals surface area contributed by atoms with E-state index in [9.17, 15) is 18.5 Å². The molecule has 0 radical (unpaired) electrons. The van der Waals surface area contributed by atoms with Crippen molar-refractivity contribution < 1.29 is 13.3 Å². The molecule has 8 nitrogen and oxygen atoms in total. The van der Waals surface area contributed by atoms with E-state index in [1.54, 1.807) is 6.92 Å². The van der Waals surface area contributed by atoms with Crippen LogP contribution in [0.15, 0.2) is 18.3 Å². The molecule has 0 aliphatic rings. The lowest BCUT2D eigenvalue weighted by Crippen LogP contribution is -2.31. The Kier molecular flexibility index (Phi) is 5.83. The van der Waals surface area contributed by atoms with Crippen LogP contribution in [0.1, 0.15) is 13.3 Å². The van der Waals surface area contributed by atoms with Gasteiger partial charge in [-0.1, -0.05) is 6.92 Å². The lowest BCUT2D eigenvalue weighted by molar-refractivity contribution is -0.384. The summed E-state index contributed by atoms with van der Waals surface area (Å²) in [5, 5.41) is 13.5. The van der Waals surface area contributed by atoms with Gasteiger partial charge in [0.05, 0.1) is 17.2 Å². The summed E-state index contributed by atoms with van der Waals surface area (Å²) in [6.45, 7) is 3.09. The fraction of sp³-hybridized carbons (Fsp3) is 0.545. The zero-order valence-electron chi connectivity index (χ0n) is 11.4. The lowest BCUT2D eigenvalue weighted by Gasteiger charge is -2.17. The smallest absolute Gasteiger partial charge is 0.274 e. The second-order valence-electron chi connectivity index (χ2n) is 4.19. The minimum atomic E-state index is -3.18. The van der Waals surface area contributed by atoms with Gasteiger partial charge in [-0.2, -0.15) is 0 Å². The normalized spacial score (nSPS) is 11.6. The quantitative estimate of drug-likeness (QED) is 0.437. The van der Waals surface area contributed by atoms with Crippen molar-refractivity contribution in [1.82, 2.24) is 9.29 Å². The Morgan fingerprint density at radius 3 is 2.75 bits per heavy atom. The van der Waals surface area contributed by atoms with Crippen LogP contribution in [-0.4, -0.2) is 48.5 Å². The molecule has 0 saturated carbocycles. The van der Waals surface area contributed by atoms with Crippen LogP contribution in [0.3, 0.4) is 0 Å². The summed E-state index contributed by atoms with van der Waals surface area (Å²) in [4.78, 5) is 14.1. The molecule has 1 N–H and O–H groups in total. The van der Waals surface area contributed by atoms with E-state index in [1.807, 2.05) is 0 Å². The molecular formula is C11H18N4O4S. The summed E-state index contributed by atoms with van der Waals surface area (Å²) < 4.78 is 24.1. The second-order valence-corrected chi connectivity index (χ2v) is 6.17. The molecular weight excluding hydrogens is 284 g/mol. The van der Waals surface area contributed by atoms with Crippen LogP contribution in [0.25, 0.3) is 0 Å². The fourth-order valence-corrected chi connectivity index (χ4v) is 2.59. The maximum atomic E-state index is 11.4. The number of hydrogen-bond acceptors (Lipinski definition) is 6. The monoisotopic (exact) mass is 302 g/mol. The number of anilines is 1. The number of hydrogen-bond donors (Lipinski definition) is 1. The van der Waals surface area contributed by atoms with Crippen molar-refractivity contribution in [3.8, 4) is 0 Å². The SMILES string of the molecule is CCN(CCCNc1cc([N+](=O)[O-])ccn1)S(C)(=O)=O. The van der Waals surface area contributed by atoms with Gasteiger partial charge in [0.15, 0.2) is 0 Å². The zero-order valence-corrected chi connectivity index (χ0v) is 12.3. The van der Waals surface area contributed by atoms with Crippen LogP contribution >= 0.6 is 0 Å². The number of sulfonamides is 1. The van der Waals surface area contributed by atoms with E-state index < -0.39 is 14.9 Å². The van der Waals surface area contributed by atoms with Gasteiger partial charge in [-0.05, 0) is 6.42 Å². The highest BCUT2D eigenvalue weighted by molar-refractivity contribution is 7.88. The number of pyridine rings is 1. The summed E-state index contributed by atoms with van der Waals surface area (Å²) in [6.07, 6.45) is 3.12. The van der Waals surface area contributed by atoms with Gasteiger partial charge in [0.25, 0.3) is 5.69 Å². The predicted molar refractivity (Wildman–Crippen MR) is 76.1 cm³/mol. The fourth-order valence-electron chi connectivity index (χ4n) is 1.66. The Bertz CT molecular complexity index is 561. The van der Waals surface area contributed by atoms with Gasteiger partial charge in [-0.25, -0.2) is 17.7 Å². The van der Waals surface area contributed by atoms with Crippen LogP contribution in [-0.2, 0) is 10.0 Å². The molecule has 0 aliphatic heterocycles. The zero-order chi connectivity index (χ0) is 15.2. The van der Waals surface area contributed by atoms with Crippen molar-refractivity contribution in [2.75, 3.05) is 31.2 Å². The van der Waals surface area contributed by atoms with E-state index in [4.69, 9.17) is 0 Å². The molecule has 0 saturated heterocycles. The van der Waals surface area contributed by atoms with Crippen molar-refractivity contribution in [1.29, 1.82) is 0 Å². The third-order valence-electron chi connectivity index (χ3n) is 2.67. The van der Waals surface area contributed by atoms with Crippen molar-refractivity contribution in [2.45, 2.75) is 13.3 Å². The molecule has 0 bridgehead atoms. The highest BCUT2D eigenvalue weighted by atomic mass is 32.2. The molecule has 20 heavy (non-hydrogen) atoms. The van der Waals surface area contributed by atoms with E-state index in [0.29, 0.717) is 31.9 Å². The molecule has 0 atom stereocenters. The maximum absolute atomic E-state index is 11.4. The molecule has 1 aromatic heterocycles. The van der Waals surface area contributed by atoms with E-state index in [2.05, 4.69) is 10.3 Å². The Morgan fingerprint density at radius 1 is 1.50 bits per heavy atom. The minimum absolute atomic E-state index is 0.0335. The summed E-state index contributed by atoms with van der Waals surface area (Å²) in [5.41, 5.74) is -0.0335. The van der Waals surface area contributed by atoms with Gasteiger partial charge in [0.1, 0.15) is 5.82 Å². The van der Waals surface area contributed by atoms with E-state index in [0.717, 1.165) is 0 Å². The van der Waals surface area contributed by atoms with Gasteiger partial charge in [-0.3, -0.25) is 10.1 Å². The van der Waals surface area contributed by atoms with Crippen molar-refractivity contribution >= 4 is 21.5 Å². The standard InChI is InChI=1S/C11H18N4O4S/c1-3-14(20(2,18)19)8-4-6-12-11-9-10(15(16)17)5-7-13-11/h5,7,9H,3-4,6,8H2,1-2H3,(H,12,13). The molecule has 0 fully saturated rings.